The van der Waals surface area contributed by atoms with E-state index >= 15 is 0 Å². The molecule has 104 valence electrons. The van der Waals surface area contributed by atoms with Crippen LogP contribution in [0.2, 0.25) is 0 Å². The van der Waals surface area contributed by atoms with Gasteiger partial charge in [-0.05, 0) is 55.6 Å². The van der Waals surface area contributed by atoms with Crippen LogP contribution in [0, 0.1) is 13.8 Å². The first-order valence-corrected chi connectivity index (χ1v) is 6.78. The average molecular weight is 268 g/mol. The number of rotatable bonds is 4. The molecule has 0 fully saturated rings. The molecule has 3 heteroatoms. The minimum atomic E-state index is -0.0818. The van der Waals surface area contributed by atoms with Crippen LogP contribution in [0.5, 0.6) is 0 Å². The summed E-state index contributed by atoms with van der Waals surface area (Å²) in [4.78, 5) is 12.3. The van der Waals surface area contributed by atoms with Gasteiger partial charge in [-0.3, -0.25) is 4.79 Å². The van der Waals surface area contributed by atoms with E-state index < -0.39 is 0 Å². The van der Waals surface area contributed by atoms with E-state index in [2.05, 4.69) is 5.32 Å². The highest BCUT2D eigenvalue weighted by Crippen LogP contribution is 2.20. The molecule has 3 N–H and O–H groups in total. The number of nitrogens with one attached hydrogen (secondary N) is 1. The molecule has 20 heavy (non-hydrogen) atoms. The Labute approximate surface area is 119 Å². The second-order valence-corrected chi connectivity index (χ2v) is 4.96. The predicted octanol–water partition coefficient (Wildman–Crippen LogP) is 3.06. The van der Waals surface area contributed by atoms with Crippen LogP contribution in [0.1, 0.15) is 27.0 Å². The molecule has 0 atom stereocenters. The molecule has 0 spiro atoms. The molecule has 0 aliphatic heterocycles. The number of aryl methyl sites for hydroxylation is 2. The molecule has 0 heterocycles. The van der Waals surface area contributed by atoms with Crippen molar-refractivity contribution in [3.63, 3.8) is 0 Å². The number of anilines is 1. The van der Waals surface area contributed by atoms with Gasteiger partial charge < -0.3 is 11.1 Å². The van der Waals surface area contributed by atoms with E-state index in [0.717, 1.165) is 28.8 Å². The lowest BCUT2D eigenvalue weighted by Gasteiger charge is -2.11. The second-order valence-electron chi connectivity index (χ2n) is 4.96. The lowest BCUT2D eigenvalue weighted by atomic mass is 10.1. The van der Waals surface area contributed by atoms with Crippen molar-refractivity contribution in [2.24, 2.45) is 5.73 Å². The molecule has 2 rings (SSSR count). The fourth-order valence-corrected chi connectivity index (χ4v) is 2.19. The van der Waals surface area contributed by atoms with E-state index in [0.29, 0.717) is 12.1 Å². The highest BCUT2D eigenvalue weighted by atomic mass is 16.1. The fraction of sp³-hybridized carbons (Fsp3) is 0.235. The summed E-state index contributed by atoms with van der Waals surface area (Å²) < 4.78 is 0. The van der Waals surface area contributed by atoms with Gasteiger partial charge in [-0.2, -0.15) is 0 Å². The van der Waals surface area contributed by atoms with E-state index in [9.17, 15) is 4.79 Å². The number of hydrogen-bond donors (Lipinski definition) is 2. The molecule has 1 amide bonds. The minimum absolute atomic E-state index is 0.0818. The molecule has 0 bridgehead atoms. The number of para-hydroxylation sites is 1. The van der Waals surface area contributed by atoms with Crippen LogP contribution in [-0.4, -0.2) is 12.5 Å². The third-order valence-electron chi connectivity index (χ3n) is 3.37. The lowest BCUT2D eigenvalue weighted by molar-refractivity contribution is 0.102. The van der Waals surface area contributed by atoms with E-state index in [1.165, 1.54) is 0 Å². The summed E-state index contributed by atoms with van der Waals surface area (Å²) in [6.45, 7) is 4.61. The van der Waals surface area contributed by atoms with E-state index in [4.69, 9.17) is 5.73 Å². The Morgan fingerprint density at radius 1 is 1.05 bits per heavy atom. The second kappa shape index (κ2) is 6.35. The first kappa shape index (κ1) is 14.3. The molecule has 0 aliphatic carbocycles. The summed E-state index contributed by atoms with van der Waals surface area (Å²) >= 11 is 0. The SMILES string of the molecule is Cc1cccc(C)c1NC(=O)c1ccc(CCN)cc1. The van der Waals surface area contributed by atoms with Crippen LogP contribution < -0.4 is 11.1 Å². The van der Waals surface area contributed by atoms with Crippen molar-refractivity contribution in [1.29, 1.82) is 0 Å². The number of amides is 1. The minimum Gasteiger partial charge on any atom is -0.330 e. The summed E-state index contributed by atoms with van der Waals surface area (Å²) in [6, 6.07) is 13.6. The molecule has 0 saturated heterocycles. The maximum Gasteiger partial charge on any atom is 0.255 e. The molecule has 3 nitrogen and oxygen atoms in total. The van der Waals surface area contributed by atoms with Crippen LogP contribution in [0.4, 0.5) is 5.69 Å². The predicted molar refractivity (Wildman–Crippen MR) is 83.1 cm³/mol. The highest BCUT2D eigenvalue weighted by molar-refractivity contribution is 6.05. The van der Waals surface area contributed by atoms with Crippen molar-refractivity contribution < 1.29 is 4.79 Å². The zero-order valence-corrected chi connectivity index (χ0v) is 11.9. The van der Waals surface area contributed by atoms with Crippen molar-refractivity contribution in [2.45, 2.75) is 20.3 Å². The van der Waals surface area contributed by atoms with Crippen molar-refractivity contribution in [3.8, 4) is 0 Å². The van der Waals surface area contributed by atoms with Gasteiger partial charge in [0.05, 0.1) is 0 Å². The number of benzene rings is 2. The first-order chi connectivity index (χ1) is 9.61. The maximum atomic E-state index is 12.3. The number of carbonyl (C=O) groups is 1. The van der Waals surface area contributed by atoms with Crippen molar-refractivity contribution >= 4 is 11.6 Å². The smallest absolute Gasteiger partial charge is 0.255 e. The van der Waals surface area contributed by atoms with Gasteiger partial charge >= 0.3 is 0 Å². The number of carbonyl (C=O) groups excluding carboxylic acids is 1. The Kier molecular flexibility index (Phi) is 4.53. The van der Waals surface area contributed by atoms with Gasteiger partial charge in [0.2, 0.25) is 0 Å². The van der Waals surface area contributed by atoms with Gasteiger partial charge in [-0.15, -0.1) is 0 Å². The van der Waals surface area contributed by atoms with Crippen molar-refractivity contribution in [1.82, 2.24) is 0 Å². The molecule has 2 aromatic rings. The Bertz CT molecular complexity index is 583. The molecule has 0 unspecified atom stereocenters. The van der Waals surface area contributed by atoms with Gasteiger partial charge in [0, 0.05) is 11.3 Å². The Morgan fingerprint density at radius 3 is 2.20 bits per heavy atom. The van der Waals surface area contributed by atoms with Crippen LogP contribution in [0.25, 0.3) is 0 Å². The molecule has 0 saturated carbocycles. The summed E-state index contributed by atoms with van der Waals surface area (Å²) in [5.74, 6) is -0.0818. The Morgan fingerprint density at radius 2 is 1.65 bits per heavy atom. The van der Waals surface area contributed by atoms with Gasteiger partial charge in [0.25, 0.3) is 5.91 Å². The topological polar surface area (TPSA) is 55.1 Å². The number of hydrogen-bond acceptors (Lipinski definition) is 2. The fourth-order valence-electron chi connectivity index (χ4n) is 2.19. The van der Waals surface area contributed by atoms with E-state index in [1.807, 2.05) is 56.3 Å². The van der Waals surface area contributed by atoms with Gasteiger partial charge in [-0.25, -0.2) is 0 Å². The quantitative estimate of drug-likeness (QED) is 0.895. The molecule has 0 radical (unpaired) electrons. The van der Waals surface area contributed by atoms with Crippen molar-refractivity contribution in [2.75, 3.05) is 11.9 Å². The molecule has 0 aliphatic rings. The summed E-state index contributed by atoms with van der Waals surface area (Å²) in [5, 5.41) is 2.98. The monoisotopic (exact) mass is 268 g/mol. The van der Waals surface area contributed by atoms with Crippen LogP contribution in [0.3, 0.4) is 0 Å². The summed E-state index contributed by atoms with van der Waals surface area (Å²) in [6.07, 6.45) is 0.832. The van der Waals surface area contributed by atoms with Crippen molar-refractivity contribution in [3.05, 3.63) is 64.7 Å². The maximum absolute atomic E-state index is 12.3. The normalized spacial score (nSPS) is 10.3. The number of nitrogens with two attached hydrogens (primary N) is 1. The standard InChI is InChI=1S/C17H20N2O/c1-12-4-3-5-13(2)16(12)19-17(20)15-8-6-14(7-9-15)10-11-18/h3-9H,10-11,18H2,1-2H3,(H,19,20). The first-order valence-electron chi connectivity index (χ1n) is 6.78. The van der Waals surface area contributed by atoms with Crippen LogP contribution in [-0.2, 0) is 6.42 Å². The molecular formula is C17H20N2O. The van der Waals surface area contributed by atoms with E-state index in [-0.39, 0.29) is 5.91 Å². The third kappa shape index (κ3) is 3.25. The lowest BCUT2D eigenvalue weighted by Crippen LogP contribution is -2.14. The van der Waals surface area contributed by atoms with Gasteiger partial charge in [-0.1, -0.05) is 30.3 Å². The Hall–Kier alpha value is -2.13. The Balaban J connectivity index is 2.16. The van der Waals surface area contributed by atoms with Gasteiger partial charge in [0.1, 0.15) is 0 Å². The largest absolute Gasteiger partial charge is 0.330 e. The summed E-state index contributed by atoms with van der Waals surface area (Å²) in [7, 11) is 0. The van der Waals surface area contributed by atoms with Crippen LogP contribution in [0.15, 0.2) is 42.5 Å². The zero-order valence-electron chi connectivity index (χ0n) is 11.9. The molecular weight excluding hydrogens is 248 g/mol. The van der Waals surface area contributed by atoms with Crippen LogP contribution >= 0.6 is 0 Å². The van der Waals surface area contributed by atoms with E-state index in [1.54, 1.807) is 0 Å². The molecule has 2 aromatic carbocycles. The summed E-state index contributed by atoms with van der Waals surface area (Å²) in [5.41, 5.74) is 10.4. The van der Waals surface area contributed by atoms with Gasteiger partial charge in [0.15, 0.2) is 0 Å². The zero-order chi connectivity index (χ0) is 14.5. The highest BCUT2D eigenvalue weighted by Gasteiger charge is 2.09. The average Bonchev–Trinajstić information content (AvgIpc) is 2.44. The molecule has 0 aromatic heterocycles. The third-order valence-corrected chi connectivity index (χ3v) is 3.37.